The van der Waals surface area contributed by atoms with Crippen LogP contribution < -0.4 is 5.32 Å². The van der Waals surface area contributed by atoms with Crippen LogP contribution in [-0.2, 0) is 0 Å². The Bertz CT molecular complexity index is 553. The molecule has 0 spiro atoms. The molecule has 1 atom stereocenters. The summed E-state index contributed by atoms with van der Waals surface area (Å²) in [6, 6.07) is 4.79. The molecule has 1 unspecified atom stereocenters. The Balaban J connectivity index is 2.23. The lowest BCUT2D eigenvalue weighted by Gasteiger charge is -2.07. The van der Waals surface area contributed by atoms with E-state index in [1.165, 1.54) is 6.07 Å². The van der Waals surface area contributed by atoms with Crippen LogP contribution in [0.3, 0.4) is 0 Å². The molecule has 0 aliphatic rings. The molecule has 102 valence electrons. The van der Waals surface area contributed by atoms with Crippen molar-refractivity contribution in [1.29, 1.82) is 0 Å². The molecule has 0 radical (unpaired) electrons. The van der Waals surface area contributed by atoms with Crippen LogP contribution in [0.2, 0.25) is 0 Å². The fourth-order valence-electron chi connectivity index (χ4n) is 1.77. The second kappa shape index (κ2) is 5.93. The molecule has 0 saturated heterocycles. The molecule has 0 saturated carbocycles. The Kier molecular flexibility index (Phi) is 4.27. The highest BCUT2D eigenvalue weighted by Gasteiger charge is 2.16. The van der Waals surface area contributed by atoms with E-state index in [4.69, 9.17) is 4.42 Å². The number of hydrogen-bond donors (Lipinski definition) is 1. The third-order valence-electron chi connectivity index (χ3n) is 2.86. The first-order chi connectivity index (χ1) is 9.11. The van der Waals surface area contributed by atoms with Gasteiger partial charge in [-0.15, -0.1) is 10.2 Å². The number of aromatic nitrogens is 2. The number of aryl methyl sites for hydroxylation is 1. The van der Waals surface area contributed by atoms with Crippen molar-refractivity contribution < 1.29 is 8.81 Å². The summed E-state index contributed by atoms with van der Waals surface area (Å²) in [5.41, 5.74) is 1.30. The van der Waals surface area contributed by atoms with Crippen molar-refractivity contribution in [2.45, 2.75) is 33.2 Å². The summed E-state index contributed by atoms with van der Waals surface area (Å²) >= 11 is 0. The van der Waals surface area contributed by atoms with Crippen LogP contribution in [-0.4, -0.2) is 16.7 Å². The van der Waals surface area contributed by atoms with Crippen LogP contribution in [0.25, 0.3) is 11.5 Å². The summed E-state index contributed by atoms with van der Waals surface area (Å²) in [5.74, 6) is 0.348. The monoisotopic (exact) mass is 263 g/mol. The summed E-state index contributed by atoms with van der Waals surface area (Å²) in [5, 5.41) is 11.1. The smallest absolute Gasteiger partial charge is 0.250 e. The fourth-order valence-corrected chi connectivity index (χ4v) is 1.77. The maximum atomic E-state index is 13.7. The van der Waals surface area contributed by atoms with Crippen LogP contribution >= 0.6 is 0 Å². The molecule has 0 fully saturated rings. The van der Waals surface area contributed by atoms with Gasteiger partial charge in [0.1, 0.15) is 5.82 Å². The molecule has 1 aromatic carbocycles. The lowest BCUT2D eigenvalue weighted by molar-refractivity contribution is 0.422. The molecule has 5 heteroatoms. The summed E-state index contributed by atoms with van der Waals surface area (Å²) < 4.78 is 19.3. The molecular weight excluding hydrogens is 245 g/mol. The van der Waals surface area contributed by atoms with Crippen LogP contribution in [0.5, 0.6) is 0 Å². The van der Waals surface area contributed by atoms with Crippen LogP contribution in [0.15, 0.2) is 22.6 Å². The summed E-state index contributed by atoms with van der Waals surface area (Å²) in [6.07, 6.45) is 1.03. The number of nitrogens with zero attached hydrogens (tertiary/aromatic N) is 2. The van der Waals surface area contributed by atoms with E-state index in [1.54, 1.807) is 12.1 Å². The van der Waals surface area contributed by atoms with Gasteiger partial charge in [0.05, 0.1) is 11.6 Å². The number of halogens is 1. The molecule has 0 amide bonds. The average Bonchev–Trinajstić information content (AvgIpc) is 2.88. The minimum atomic E-state index is -0.352. The highest BCUT2D eigenvalue weighted by Crippen LogP contribution is 2.24. The van der Waals surface area contributed by atoms with Crippen molar-refractivity contribution in [1.82, 2.24) is 15.5 Å². The Labute approximate surface area is 112 Å². The molecule has 4 nitrogen and oxygen atoms in total. The fraction of sp³-hybridized carbons (Fsp3) is 0.429. The molecule has 0 aliphatic carbocycles. The summed E-state index contributed by atoms with van der Waals surface area (Å²) in [4.78, 5) is 0. The zero-order valence-electron chi connectivity index (χ0n) is 11.4. The largest absolute Gasteiger partial charge is 0.419 e. The quantitative estimate of drug-likeness (QED) is 0.899. The van der Waals surface area contributed by atoms with Gasteiger partial charge in [-0.2, -0.15) is 0 Å². The van der Waals surface area contributed by atoms with Crippen molar-refractivity contribution in [2.24, 2.45) is 0 Å². The summed E-state index contributed by atoms with van der Waals surface area (Å²) in [7, 11) is 0. The number of hydrogen-bond acceptors (Lipinski definition) is 4. The molecule has 0 aliphatic heterocycles. The number of rotatable bonds is 5. The Hall–Kier alpha value is -1.75. The van der Waals surface area contributed by atoms with E-state index in [0.717, 1.165) is 18.5 Å². The van der Waals surface area contributed by atoms with Crippen molar-refractivity contribution >= 4 is 0 Å². The van der Waals surface area contributed by atoms with E-state index < -0.39 is 0 Å². The van der Waals surface area contributed by atoms with E-state index >= 15 is 0 Å². The second-order valence-electron chi connectivity index (χ2n) is 4.60. The van der Waals surface area contributed by atoms with Crippen molar-refractivity contribution in [3.8, 4) is 11.5 Å². The maximum absolute atomic E-state index is 13.7. The Morgan fingerprint density at radius 3 is 2.89 bits per heavy atom. The van der Waals surface area contributed by atoms with Gasteiger partial charge in [0.2, 0.25) is 5.89 Å². The van der Waals surface area contributed by atoms with Gasteiger partial charge in [-0.1, -0.05) is 18.6 Å². The first-order valence-electron chi connectivity index (χ1n) is 6.45. The molecule has 1 heterocycles. The van der Waals surface area contributed by atoms with E-state index in [0.29, 0.717) is 11.5 Å². The Morgan fingerprint density at radius 1 is 1.37 bits per heavy atom. The van der Waals surface area contributed by atoms with Crippen molar-refractivity contribution in [3.63, 3.8) is 0 Å². The zero-order valence-corrected chi connectivity index (χ0v) is 11.4. The molecule has 1 N–H and O–H groups in total. The molecule has 2 rings (SSSR count). The SMILES string of the molecule is CCCNC(C)c1nnc(-c2cc(C)ccc2F)o1. The van der Waals surface area contributed by atoms with Gasteiger partial charge in [0.15, 0.2) is 0 Å². The van der Waals surface area contributed by atoms with E-state index in [2.05, 4.69) is 22.4 Å². The standard InChI is InChI=1S/C14H18FN3O/c1-4-7-16-10(3)13-17-18-14(19-13)11-8-9(2)5-6-12(11)15/h5-6,8,10,16H,4,7H2,1-3H3. The minimum absolute atomic E-state index is 0.0333. The molecule has 19 heavy (non-hydrogen) atoms. The lowest BCUT2D eigenvalue weighted by Crippen LogP contribution is -2.19. The predicted molar refractivity (Wildman–Crippen MR) is 71.1 cm³/mol. The van der Waals surface area contributed by atoms with E-state index in [1.807, 2.05) is 13.8 Å². The van der Waals surface area contributed by atoms with E-state index in [9.17, 15) is 4.39 Å². The van der Waals surface area contributed by atoms with Crippen molar-refractivity contribution in [3.05, 3.63) is 35.5 Å². The van der Waals surface area contributed by atoms with Gasteiger partial charge in [0.25, 0.3) is 5.89 Å². The van der Waals surface area contributed by atoms with Gasteiger partial charge < -0.3 is 9.73 Å². The first kappa shape index (κ1) is 13.7. The molecular formula is C14H18FN3O. The van der Waals surface area contributed by atoms with E-state index in [-0.39, 0.29) is 17.7 Å². The normalized spacial score (nSPS) is 12.6. The van der Waals surface area contributed by atoms with Gasteiger partial charge >= 0.3 is 0 Å². The average molecular weight is 263 g/mol. The number of benzene rings is 1. The lowest BCUT2D eigenvalue weighted by atomic mass is 10.1. The van der Waals surface area contributed by atoms with Crippen molar-refractivity contribution in [2.75, 3.05) is 6.54 Å². The maximum Gasteiger partial charge on any atom is 0.250 e. The highest BCUT2D eigenvalue weighted by molar-refractivity contribution is 5.54. The van der Waals surface area contributed by atoms with Crippen LogP contribution in [0, 0.1) is 12.7 Å². The van der Waals surface area contributed by atoms with Gasteiger partial charge in [0, 0.05) is 0 Å². The topological polar surface area (TPSA) is 51.0 Å². The predicted octanol–water partition coefficient (Wildman–Crippen LogP) is 3.24. The minimum Gasteiger partial charge on any atom is -0.419 e. The van der Waals surface area contributed by atoms with Gasteiger partial charge in [-0.05, 0) is 38.9 Å². The zero-order chi connectivity index (χ0) is 13.8. The van der Waals surface area contributed by atoms with Crippen LogP contribution in [0.4, 0.5) is 4.39 Å². The second-order valence-corrected chi connectivity index (χ2v) is 4.60. The molecule has 0 bridgehead atoms. The molecule has 1 aromatic heterocycles. The number of nitrogens with one attached hydrogen (secondary N) is 1. The molecule has 2 aromatic rings. The van der Waals surface area contributed by atoms with Gasteiger partial charge in [-0.25, -0.2) is 4.39 Å². The van der Waals surface area contributed by atoms with Gasteiger partial charge in [-0.3, -0.25) is 0 Å². The summed E-state index contributed by atoms with van der Waals surface area (Å²) in [6.45, 7) is 6.80. The third kappa shape index (κ3) is 3.17. The van der Waals surface area contributed by atoms with Crippen LogP contribution in [0.1, 0.15) is 37.8 Å². The first-order valence-corrected chi connectivity index (χ1v) is 6.45. The third-order valence-corrected chi connectivity index (χ3v) is 2.86. The highest BCUT2D eigenvalue weighted by atomic mass is 19.1. The Morgan fingerprint density at radius 2 is 2.16 bits per heavy atom.